The molecule has 0 heterocycles. The van der Waals surface area contributed by atoms with Crippen LogP contribution in [0.15, 0.2) is 12.2 Å². The predicted octanol–water partition coefficient (Wildman–Crippen LogP) is 10.2. The molecule has 2 N–H and O–H groups in total. The molecule has 3 atom stereocenters. The first-order valence-electron chi connectivity index (χ1n) is 22.1. The lowest BCUT2D eigenvalue weighted by atomic mass is 10.0. The van der Waals surface area contributed by atoms with Crippen molar-refractivity contribution < 1.29 is 47.2 Å². The molecule has 55 heavy (non-hydrogen) atoms. The summed E-state index contributed by atoms with van der Waals surface area (Å²) in [7, 11) is 0.994. The number of hydrogen-bond donors (Lipinski definition) is 2. The normalized spacial score (nSPS) is 14.1. The average molecular weight is 803 g/mol. The third-order valence-corrected chi connectivity index (χ3v) is 10.7. The van der Waals surface area contributed by atoms with Gasteiger partial charge in [0.05, 0.1) is 46.6 Å². The van der Waals surface area contributed by atoms with Gasteiger partial charge in [-0.15, -0.1) is 0 Å². The fraction of sp³-hybridized carbons (Fsp3) is 0.884. The minimum atomic E-state index is -4.74. The van der Waals surface area contributed by atoms with E-state index in [0.29, 0.717) is 17.4 Å². The number of nitrogens with zero attached hydrogens (tertiary/aromatic N) is 1. The Morgan fingerprint density at radius 1 is 0.673 bits per heavy atom. The maximum Gasteiger partial charge on any atom is 0.307 e. The third kappa shape index (κ3) is 37.6. The van der Waals surface area contributed by atoms with Crippen LogP contribution in [0, 0.1) is 0 Å². The van der Waals surface area contributed by atoms with Crippen molar-refractivity contribution in [3.8, 4) is 0 Å². The zero-order valence-electron chi connectivity index (χ0n) is 35.8. The second kappa shape index (κ2) is 35.4. The minimum Gasteiger partial charge on any atom is -0.756 e. The van der Waals surface area contributed by atoms with Gasteiger partial charge in [0.1, 0.15) is 19.3 Å². The lowest BCUT2D eigenvalue weighted by molar-refractivity contribution is -0.870. The summed E-state index contributed by atoms with van der Waals surface area (Å²) in [5.74, 6) is -2.19. The van der Waals surface area contributed by atoms with E-state index in [1.54, 1.807) is 6.08 Å². The number of phosphoric acid groups is 1. The van der Waals surface area contributed by atoms with Crippen molar-refractivity contribution in [2.75, 3.05) is 40.9 Å². The number of ether oxygens (including phenoxy) is 1. The highest BCUT2D eigenvalue weighted by Gasteiger charge is 2.27. The van der Waals surface area contributed by atoms with E-state index < -0.39 is 44.9 Å². The summed E-state index contributed by atoms with van der Waals surface area (Å²) in [4.78, 5) is 49.7. The van der Waals surface area contributed by atoms with E-state index in [2.05, 4.69) is 19.2 Å². The maximum absolute atomic E-state index is 13.2. The van der Waals surface area contributed by atoms with Crippen LogP contribution in [0.2, 0.25) is 0 Å². The zero-order valence-corrected chi connectivity index (χ0v) is 36.7. The molecule has 0 fully saturated rings. The Hall–Kier alpha value is -1.78. The van der Waals surface area contributed by atoms with Crippen LogP contribution in [0.1, 0.15) is 194 Å². The van der Waals surface area contributed by atoms with Gasteiger partial charge in [0.15, 0.2) is 0 Å². The molecule has 0 aliphatic heterocycles. The van der Waals surface area contributed by atoms with Gasteiger partial charge in [0.25, 0.3) is 7.82 Å². The molecule has 0 bridgehead atoms. The molecule has 0 aromatic heterocycles. The lowest BCUT2D eigenvalue weighted by Gasteiger charge is -2.30. The summed E-state index contributed by atoms with van der Waals surface area (Å²) in [6.45, 7) is 4.32. The van der Waals surface area contributed by atoms with Crippen molar-refractivity contribution in [3.05, 3.63) is 12.2 Å². The fourth-order valence-electron chi connectivity index (χ4n) is 6.27. The SMILES string of the molecule is CCCCCCCCCCCCC/C=C/[C@@H](OC(=O)CCC(=O)O)[C@H](COP(=O)([O-])OCC[N+](C)(C)C)NC(=O)CCCCCCCCCCCCCCC. The Kier molecular flexibility index (Phi) is 34.2. The number of carboxylic acid groups (broad SMARTS) is 1. The molecule has 0 saturated carbocycles. The Bertz CT molecular complexity index is 1030. The first-order valence-corrected chi connectivity index (χ1v) is 23.5. The number of rotatable bonds is 40. The zero-order chi connectivity index (χ0) is 41.0. The number of unbranched alkanes of at least 4 members (excludes halogenated alkanes) is 23. The molecule has 0 saturated heterocycles. The van der Waals surface area contributed by atoms with E-state index in [1.165, 1.54) is 109 Å². The number of esters is 1. The quantitative estimate of drug-likeness (QED) is 0.0203. The second-order valence-corrected chi connectivity index (χ2v) is 17.8. The van der Waals surface area contributed by atoms with Crippen LogP contribution in [0.25, 0.3) is 0 Å². The number of carboxylic acids is 1. The predicted molar refractivity (Wildman–Crippen MR) is 222 cm³/mol. The summed E-state index contributed by atoms with van der Waals surface area (Å²) < 4.78 is 29.2. The number of allylic oxidation sites excluding steroid dienone is 1. The molecule has 0 radical (unpaired) electrons. The van der Waals surface area contributed by atoms with Crippen molar-refractivity contribution in [2.24, 2.45) is 0 Å². The number of nitrogens with one attached hydrogen (secondary N) is 1. The van der Waals surface area contributed by atoms with Crippen LogP contribution in [0.5, 0.6) is 0 Å². The van der Waals surface area contributed by atoms with Crippen molar-refractivity contribution >= 4 is 25.7 Å². The molecule has 0 aromatic carbocycles. The van der Waals surface area contributed by atoms with E-state index in [9.17, 15) is 23.8 Å². The molecule has 12 heteroatoms. The third-order valence-electron chi connectivity index (χ3n) is 9.78. The molecule has 0 spiro atoms. The van der Waals surface area contributed by atoms with E-state index in [1.807, 2.05) is 27.2 Å². The number of quaternary nitrogens is 1. The number of hydrogen-bond acceptors (Lipinski definition) is 8. The first-order chi connectivity index (χ1) is 26.3. The Morgan fingerprint density at radius 3 is 1.58 bits per heavy atom. The summed E-state index contributed by atoms with van der Waals surface area (Å²) in [6.07, 6.45) is 31.5. The Labute approximate surface area is 336 Å². The number of aliphatic carboxylic acids is 1. The lowest BCUT2D eigenvalue weighted by Crippen LogP contribution is -2.47. The molecule has 1 amide bonds. The van der Waals surface area contributed by atoms with Gasteiger partial charge in [0.2, 0.25) is 5.91 Å². The Balaban J connectivity index is 5.25. The molecule has 0 aliphatic carbocycles. The van der Waals surface area contributed by atoms with E-state index in [-0.39, 0.29) is 25.4 Å². The molecule has 0 aliphatic rings. The summed E-state index contributed by atoms with van der Waals surface area (Å²) in [5.41, 5.74) is 0. The fourth-order valence-corrected chi connectivity index (χ4v) is 6.99. The van der Waals surface area contributed by atoms with Crippen LogP contribution in [-0.4, -0.2) is 80.5 Å². The monoisotopic (exact) mass is 803 g/mol. The number of carbonyl (C=O) groups excluding carboxylic acids is 2. The van der Waals surface area contributed by atoms with Gasteiger partial charge in [-0.3, -0.25) is 18.9 Å². The molecule has 1 unspecified atom stereocenters. The molecular weight excluding hydrogens is 719 g/mol. The smallest absolute Gasteiger partial charge is 0.307 e. The van der Waals surface area contributed by atoms with Crippen molar-refractivity contribution in [1.29, 1.82) is 0 Å². The first kappa shape index (κ1) is 53.2. The van der Waals surface area contributed by atoms with E-state index in [4.69, 9.17) is 18.9 Å². The van der Waals surface area contributed by atoms with Crippen LogP contribution >= 0.6 is 7.82 Å². The topological polar surface area (TPSA) is 151 Å². The van der Waals surface area contributed by atoms with E-state index >= 15 is 0 Å². The molecule has 0 aromatic rings. The van der Waals surface area contributed by atoms with Crippen LogP contribution in [0.4, 0.5) is 0 Å². The Morgan fingerprint density at radius 2 is 1.13 bits per heavy atom. The summed E-state index contributed by atoms with van der Waals surface area (Å²) >= 11 is 0. The van der Waals surface area contributed by atoms with Crippen molar-refractivity contribution in [2.45, 2.75) is 206 Å². The second-order valence-electron chi connectivity index (χ2n) is 16.4. The average Bonchev–Trinajstić information content (AvgIpc) is 3.12. The van der Waals surface area contributed by atoms with Crippen LogP contribution in [-0.2, 0) is 32.7 Å². The van der Waals surface area contributed by atoms with Gasteiger partial charge in [-0.2, -0.15) is 0 Å². The van der Waals surface area contributed by atoms with Gasteiger partial charge in [-0.1, -0.05) is 161 Å². The maximum atomic E-state index is 13.2. The van der Waals surface area contributed by atoms with Crippen molar-refractivity contribution in [3.63, 3.8) is 0 Å². The van der Waals surface area contributed by atoms with Crippen LogP contribution < -0.4 is 10.2 Å². The largest absolute Gasteiger partial charge is 0.756 e. The number of carbonyl (C=O) groups is 3. The van der Waals surface area contributed by atoms with Gasteiger partial charge in [-0.05, 0) is 25.3 Å². The van der Waals surface area contributed by atoms with Gasteiger partial charge in [-0.25, -0.2) is 0 Å². The number of phosphoric ester groups is 1. The summed E-state index contributed by atoms with van der Waals surface area (Å²) in [5, 5.41) is 11.9. The molecule has 324 valence electrons. The summed E-state index contributed by atoms with van der Waals surface area (Å²) in [6, 6.07) is -1.03. The van der Waals surface area contributed by atoms with Gasteiger partial charge in [0, 0.05) is 6.42 Å². The minimum absolute atomic E-state index is 0.0766. The molecular formula is C43H83N2O9P. The number of likely N-dealkylation sites (N-methyl/N-ethyl adjacent to an activating group) is 1. The van der Waals surface area contributed by atoms with Crippen LogP contribution in [0.3, 0.4) is 0 Å². The molecule has 11 nitrogen and oxygen atoms in total. The van der Waals surface area contributed by atoms with Gasteiger partial charge < -0.3 is 33.6 Å². The highest BCUT2D eigenvalue weighted by Crippen LogP contribution is 2.38. The highest BCUT2D eigenvalue weighted by atomic mass is 31.2. The van der Waals surface area contributed by atoms with E-state index in [0.717, 1.165) is 44.9 Å². The standard InChI is InChI=1S/C43H83N2O9P/c1-6-8-10-12-14-16-18-20-22-24-26-28-30-32-40(54-43(49)35-34-42(47)48)39(38-53-55(50,51)52-37-36-45(3,4)5)44-41(46)33-31-29-27-25-23-21-19-17-15-13-11-9-7-2/h30,32,39-40H,6-29,31,33-38H2,1-5H3,(H2-,44,46,47,48,50,51)/b32-30+/t39-,40+/m0/s1. The van der Waals surface area contributed by atoms with Gasteiger partial charge >= 0.3 is 11.9 Å². The van der Waals surface area contributed by atoms with Crippen molar-refractivity contribution in [1.82, 2.24) is 5.32 Å². The molecule has 0 rings (SSSR count). The highest BCUT2D eigenvalue weighted by molar-refractivity contribution is 7.45. The number of amides is 1.